The number of rotatable bonds is 7. The van der Waals surface area contributed by atoms with E-state index in [1.165, 1.54) is 0 Å². The number of aliphatic hydroxyl groups excluding tert-OH is 1. The van der Waals surface area contributed by atoms with Gasteiger partial charge in [-0.25, -0.2) is 4.79 Å². The lowest BCUT2D eigenvalue weighted by Gasteiger charge is -2.11. The molecule has 1 aromatic heterocycles. The number of carbonyl (C=O) groups excluding carboxylic acids is 2. The first-order chi connectivity index (χ1) is 11.4. The number of aromatic nitrogens is 1. The molecular formula is C19H23NO4. The van der Waals surface area contributed by atoms with Crippen LogP contribution in [0.15, 0.2) is 41.9 Å². The fourth-order valence-electron chi connectivity index (χ4n) is 2.56. The number of ketones is 1. The zero-order valence-corrected chi connectivity index (χ0v) is 14.2. The molecule has 0 aliphatic carbocycles. The minimum atomic E-state index is -0.716. The number of allylic oxidation sites excluding steroid dienone is 1. The summed E-state index contributed by atoms with van der Waals surface area (Å²) in [6.07, 6.45) is 7.42. The normalized spacial score (nSPS) is 19.2. The summed E-state index contributed by atoms with van der Waals surface area (Å²) in [6.45, 7) is 5.67. The number of esters is 1. The Kier molecular flexibility index (Phi) is 5.90. The summed E-state index contributed by atoms with van der Waals surface area (Å²) in [4.78, 5) is 28.4. The molecule has 0 amide bonds. The predicted octanol–water partition coefficient (Wildman–Crippen LogP) is 3.47. The van der Waals surface area contributed by atoms with Crippen molar-refractivity contribution in [1.82, 2.24) is 4.98 Å². The van der Waals surface area contributed by atoms with E-state index in [0.29, 0.717) is 12.8 Å². The Morgan fingerprint density at radius 1 is 1.42 bits per heavy atom. The molecule has 1 aromatic rings. The van der Waals surface area contributed by atoms with E-state index < -0.39 is 18.0 Å². The quantitative estimate of drug-likeness (QED) is 0.612. The van der Waals surface area contributed by atoms with Gasteiger partial charge in [0.05, 0.1) is 0 Å². The summed E-state index contributed by atoms with van der Waals surface area (Å²) >= 11 is 0. The number of pyridine rings is 1. The first-order valence-electron chi connectivity index (χ1n) is 8.15. The van der Waals surface area contributed by atoms with Crippen molar-refractivity contribution in [3.63, 3.8) is 0 Å². The van der Waals surface area contributed by atoms with Crippen molar-refractivity contribution in [2.24, 2.45) is 11.8 Å². The van der Waals surface area contributed by atoms with Crippen molar-refractivity contribution in [2.75, 3.05) is 0 Å². The fraction of sp³-hybridized carbons (Fsp3) is 0.421. The highest BCUT2D eigenvalue weighted by molar-refractivity contribution is 6.19. The van der Waals surface area contributed by atoms with Crippen LogP contribution in [0.4, 0.5) is 0 Å². The zero-order chi connectivity index (χ0) is 17.7. The van der Waals surface area contributed by atoms with Crippen LogP contribution in [0.25, 0.3) is 6.08 Å². The molecule has 0 saturated heterocycles. The summed E-state index contributed by atoms with van der Waals surface area (Å²) in [5.74, 6) is -1.48. The van der Waals surface area contributed by atoms with E-state index in [-0.39, 0.29) is 23.0 Å². The molecule has 0 bridgehead atoms. The first-order valence-corrected chi connectivity index (χ1v) is 8.15. The van der Waals surface area contributed by atoms with Crippen molar-refractivity contribution in [3.8, 4) is 0 Å². The Morgan fingerprint density at radius 3 is 2.79 bits per heavy atom. The molecule has 5 nitrogen and oxygen atoms in total. The molecule has 0 spiro atoms. The van der Waals surface area contributed by atoms with Crippen LogP contribution < -0.4 is 0 Å². The van der Waals surface area contributed by atoms with Crippen LogP contribution in [0.2, 0.25) is 0 Å². The summed E-state index contributed by atoms with van der Waals surface area (Å²) in [5, 5.41) is 10.2. The second-order valence-electron chi connectivity index (χ2n) is 6.47. The molecule has 2 unspecified atom stereocenters. The molecular weight excluding hydrogens is 306 g/mol. The monoisotopic (exact) mass is 329 g/mol. The number of hydrogen-bond donors (Lipinski definition) is 1. The topological polar surface area (TPSA) is 76.5 Å². The van der Waals surface area contributed by atoms with Gasteiger partial charge >= 0.3 is 5.97 Å². The Bertz CT molecular complexity index is 661. The Labute approximate surface area is 142 Å². The average Bonchev–Trinajstić information content (AvgIpc) is 2.81. The van der Waals surface area contributed by atoms with E-state index in [1.807, 2.05) is 38.1 Å². The van der Waals surface area contributed by atoms with Crippen molar-refractivity contribution >= 4 is 17.8 Å². The standard InChI is InChI=1S/C19H23NO4/c1-12(2)10-15-18(22)16(19(23)24-15)17(21)13(3)6-4-7-14-8-5-9-20-11-14/h4-5,7-9,11-13,15,22H,6,10H2,1-3H3. The maximum Gasteiger partial charge on any atom is 0.346 e. The summed E-state index contributed by atoms with van der Waals surface area (Å²) in [7, 11) is 0. The van der Waals surface area contributed by atoms with E-state index in [2.05, 4.69) is 4.98 Å². The molecule has 0 fully saturated rings. The molecule has 0 saturated carbocycles. The van der Waals surface area contributed by atoms with Crippen molar-refractivity contribution in [3.05, 3.63) is 47.5 Å². The molecule has 0 radical (unpaired) electrons. The highest BCUT2D eigenvalue weighted by Crippen LogP contribution is 2.28. The van der Waals surface area contributed by atoms with Gasteiger partial charge in [0.15, 0.2) is 17.6 Å². The van der Waals surface area contributed by atoms with Crippen LogP contribution >= 0.6 is 0 Å². The highest BCUT2D eigenvalue weighted by Gasteiger charge is 2.39. The number of nitrogens with zero attached hydrogens (tertiary/aromatic N) is 1. The van der Waals surface area contributed by atoms with Gasteiger partial charge in [-0.3, -0.25) is 9.78 Å². The molecule has 1 N–H and O–H groups in total. The van der Waals surface area contributed by atoms with Gasteiger partial charge in [-0.05, 0) is 30.4 Å². The van der Waals surface area contributed by atoms with Crippen LogP contribution in [-0.2, 0) is 14.3 Å². The number of hydrogen-bond acceptors (Lipinski definition) is 5. The van der Waals surface area contributed by atoms with Gasteiger partial charge in [-0.2, -0.15) is 0 Å². The lowest BCUT2D eigenvalue weighted by molar-refractivity contribution is -0.141. The van der Waals surface area contributed by atoms with Crippen molar-refractivity contribution < 1.29 is 19.4 Å². The van der Waals surface area contributed by atoms with Crippen LogP contribution in [0.1, 0.15) is 39.2 Å². The smallest absolute Gasteiger partial charge is 0.346 e. The van der Waals surface area contributed by atoms with Gasteiger partial charge in [0.2, 0.25) is 0 Å². The molecule has 1 aliphatic heterocycles. The van der Waals surface area contributed by atoms with Gasteiger partial charge < -0.3 is 9.84 Å². The SMILES string of the molecule is CC(C)CC1OC(=O)C(C(=O)C(C)CC=Cc2cccnc2)=C1O. The van der Waals surface area contributed by atoms with Gasteiger partial charge in [-0.15, -0.1) is 0 Å². The lowest BCUT2D eigenvalue weighted by Crippen LogP contribution is -2.18. The molecule has 24 heavy (non-hydrogen) atoms. The number of cyclic esters (lactones) is 1. The molecule has 2 rings (SSSR count). The third kappa shape index (κ3) is 4.31. The largest absolute Gasteiger partial charge is 0.507 e. The fourth-order valence-corrected chi connectivity index (χ4v) is 2.56. The Morgan fingerprint density at radius 2 is 2.17 bits per heavy atom. The zero-order valence-electron chi connectivity index (χ0n) is 14.2. The van der Waals surface area contributed by atoms with Crippen LogP contribution in [0, 0.1) is 11.8 Å². The minimum Gasteiger partial charge on any atom is -0.507 e. The first kappa shape index (κ1) is 17.9. The van der Waals surface area contributed by atoms with Crippen LogP contribution in [-0.4, -0.2) is 27.9 Å². The summed E-state index contributed by atoms with van der Waals surface area (Å²) in [5.41, 5.74) is 0.749. The highest BCUT2D eigenvalue weighted by atomic mass is 16.6. The van der Waals surface area contributed by atoms with Crippen LogP contribution in [0.3, 0.4) is 0 Å². The third-order valence-corrected chi connectivity index (χ3v) is 3.88. The Balaban J connectivity index is 2.03. The van der Waals surface area contributed by atoms with E-state index in [1.54, 1.807) is 19.3 Å². The summed E-state index contributed by atoms with van der Waals surface area (Å²) < 4.78 is 5.13. The molecule has 2 heterocycles. The predicted molar refractivity (Wildman–Crippen MR) is 91.0 cm³/mol. The lowest BCUT2D eigenvalue weighted by atomic mass is 9.94. The Hall–Kier alpha value is -2.43. The van der Waals surface area contributed by atoms with Gasteiger partial charge in [-0.1, -0.05) is 39.0 Å². The van der Waals surface area contributed by atoms with E-state index in [0.717, 1.165) is 5.56 Å². The van der Waals surface area contributed by atoms with Gasteiger partial charge in [0.25, 0.3) is 0 Å². The van der Waals surface area contributed by atoms with Gasteiger partial charge in [0.1, 0.15) is 5.57 Å². The van der Waals surface area contributed by atoms with E-state index >= 15 is 0 Å². The number of ether oxygens (including phenoxy) is 1. The summed E-state index contributed by atoms with van der Waals surface area (Å²) in [6, 6.07) is 3.75. The maximum atomic E-state index is 12.5. The van der Waals surface area contributed by atoms with Crippen molar-refractivity contribution in [1.29, 1.82) is 0 Å². The number of aliphatic hydroxyl groups is 1. The third-order valence-electron chi connectivity index (χ3n) is 3.88. The minimum absolute atomic E-state index is 0.192. The number of carbonyl (C=O) groups is 2. The molecule has 2 atom stereocenters. The second kappa shape index (κ2) is 7.90. The maximum absolute atomic E-state index is 12.5. The molecule has 128 valence electrons. The molecule has 0 aromatic carbocycles. The van der Waals surface area contributed by atoms with E-state index in [4.69, 9.17) is 4.74 Å². The van der Waals surface area contributed by atoms with Crippen LogP contribution in [0.5, 0.6) is 0 Å². The van der Waals surface area contributed by atoms with Crippen molar-refractivity contribution in [2.45, 2.75) is 39.7 Å². The van der Waals surface area contributed by atoms with E-state index in [9.17, 15) is 14.7 Å². The van der Waals surface area contributed by atoms with Gasteiger partial charge in [0, 0.05) is 18.3 Å². The number of Topliss-reactive ketones (excluding diaryl/α,β-unsaturated/α-hetero) is 1. The molecule has 5 heteroatoms. The molecule has 1 aliphatic rings. The average molecular weight is 329 g/mol. The second-order valence-corrected chi connectivity index (χ2v) is 6.47.